The van der Waals surface area contributed by atoms with Crippen molar-refractivity contribution < 1.29 is 19.8 Å². The van der Waals surface area contributed by atoms with Crippen molar-refractivity contribution in [1.29, 1.82) is 0 Å². The standard InChI is InChI=1S/C12H20N2O4/c15-11(16)9-2-1-5-14(8-9)10-3-6-13(7-4-10)12(17)18/h9-10H,1-8H2,(H,15,16)(H,17,18). The third-order valence-electron chi connectivity index (χ3n) is 4.05. The predicted octanol–water partition coefficient (Wildman–Crippen LogP) is 0.925. The molecule has 2 saturated heterocycles. The number of hydrogen-bond donors (Lipinski definition) is 2. The fraction of sp³-hybridized carbons (Fsp3) is 0.833. The molecule has 2 aliphatic heterocycles. The third kappa shape index (κ3) is 2.93. The number of rotatable bonds is 2. The summed E-state index contributed by atoms with van der Waals surface area (Å²) in [5, 5.41) is 17.9. The van der Waals surface area contributed by atoms with Gasteiger partial charge in [0.25, 0.3) is 0 Å². The van der Waals surface area contributed by atoms with Crippen molar-refractivity contribution in [3.8, 4) is 0 Å². The fourth-order valence-corrected chi connectivity index (χ4v) is 2.96. The Hall–Kier alpha value is -1.30. The molecule has 0 radical (unpaired) electrons. The zero-order valence-electron chi connectivity index (χ0n) is 10.4. The van der Waals surface area contributed by atoms with E-state index in [2.05, 4.69) is 4.90 Å². The molecule has 0 aromatic heterocycles. The van der Waals surface area contributed by atoms with Crippen molar-refractivity contribution in [2.24, 2.45) is 5.92 Å². The minimum atomic E-state index is -0.851. The normalized spacial score (nSPS) is 27.1. The molecule has 0 aromatic rings. The van der Waals surface area contributed by atoms with Crippen LogP contribution in [0.25, 0.3) is 0 Å². The summed E-state index contributed by atoms with van der Waals surface area (Å²) in [5.74, 6) is -0.959. The van der Waals surface area contributed by atoms with Crippen molar-refractivity contribution in [3.63, 3.8) is 0 Å². The molecule has 6 nitrogen and oxygen atoms in total. The molecule has 6 heteroatoms. The van der Waals surface area contributed by atoms with Gasteiger partial charge in [-0.25, -0.2) is 4.79 Å². The Morgan fingerprint density at radius 3 is 2.22 bits per heavy atom. The first kappa shape index (κ1) is 13.1. The smallest absolute Gasteiger partial charge is 0.407 e. The summed E-state index contributed by atoms with van der Waals surface area (Å²) >= 11 is 0. The van der Waals surface area contributed by atoms with Gasteiger partial charge in [0.05, 0.1) is 5.92 Å². The Bertz CT molecular complexity index is 326. The molecular formula is C12H20N2O4. The van der Waals surface area contributed by atoms with Gasteiger partial charge in [-0.3, -0.25) is 9.69 Å². The molecule has 0 spiro atoms. The zero-order chi connectivity index (χ0) is 13.1. The van der Waals surface area contributed by atoms with Crippen LogP contribution in [0.4, 0.5) is 4.79 Å². The molecule has 2 heterocycles. The van der Waals surface area contributed by atoms with Crippen molar-refractivity contribution in [2.75, 3.05) is 26.2 Å². The minimum absolute atomic E-state index is 0.253. The van der Waals surface area contributed by atoms with Gasteiger partial charge in [0.1, 0.15) is 0 Å². The number of carbonyl (C=O) groups is 2. The average molecular weight is 256 g/mol. The quantitative estimate of drug-likeness (QED) is 0.768. The Morgan fingerprint density at radius 1 is 1.00 bits per heavy atom. The Kier molecular flexibility index (Phi) is 4.06. The molecular weight excluding hydrogens is 236 g/mol. The van der Waals surface area contributed by atoms with E-state index in [0.29, 0.717) is 25.7 Å². The SMILES string of the molecule is O=C(O)C1CCCN(C2CCN(C(=O)O)CC2)C1. The molecule has 1 unspecified atom stereocenters. The molecule has 18 heavy (non-hydrogen) atoms. The largest absolute Gasteiger partial charge is 0.481 e. The van der Waals surface area contributed by atoms with Crippen LogP contribution in [0.2, 0.25) is 0 Å². The number of nitrogens with zero attached hydrogens (tertiary/aromatic N) is 2. The summed E-state index contributed by atoms with van der Waals surface area (Å²) < 4.78 is 0. The fourth-order valence-electron chi connectivity index (χ4n) is 2.96. The number of amides is 1. The van der Waals surface area contributed by atoms with E-state index >= 15 is 0 Å². The zero-order valence-corrected chi connectivity index (χ0v) is 10.4. The van der Waals surface area contributed by atoms with E-state index in [1.165, 1.54) is 4.90 Å². The number of piperidine rings is 2. The van der Waals surface area contributed by atoms with Crippen molar-refractivity contribution in [3.05, 3.63) is 0 Å². The molecule has 1 amide bonds. The number of carboxylic acid groups (broad SMARTS) is 2. The van der Waals surface area contributed by atoms with Crippen LogP contribution in [0, 0.1) is 5.92 Å². The molecule has 0 saturated carbocycles. The minimum Gasteiger partial charge on any atom is -0.481 e. The lowest BCUT2D eigenvalue weighted by molar-refractivity contribution is -0.144. The summed E-state index contributed by atoms with van der Waals surface area (Å²) in [5.41, 5.74) is 0. The van der Waals surface area contributed by atoms with Crippen LogP contribution in [0.15, 0.2) is 0 Å². The highest BCUT2D eigenvalue weighted by molar-refractivity contribution is 5.70. The van der Waals surface area contributed by atoms with E-state index in [1.807, 2.05) is 0 Å². The van der Waals surface area contributed by atoms with E-state index in [0.717, 1.165) is 32.2 Å². The molecule has 0 aliphatic carbocycles. The van der Waals surface area contributed by atoms with Crippen LogP contribution < -0.4 is 0 Å². The molecule has 2 rings (SSSR count). The summed E-state index contributed by atoms with van der Waals surface area (Å²) in [6.45, 7) is 2.69. The molecule has 102 valence electrons. The molecule has 0 bridgehead atoms. The maximum atomic E-state index is 11.0. The van der Waals surface area contributed by atoms with Gasteiger partial charge in [-0.1, -0.05) is 0 Å². The molecule has 2 fully saturated rings. The van der Waals surface area contributed by atoms with Crippen molar-refractivity contribution in [2.45, 2.75) is 31.7 Å². The summed E-state index contributed by atoms with van der Waals surface area (Å²) in [6.07, 6.45) is 2.48. The van der Waals surface area contributed by atoms with Crippen LogP contribution in [0.1, 0.15) is 25.7 Å². The topological polar surface area (TPSA) is 81.1 Å². The van der Waals surface area contributed by atoms with Crippen LogP contribution in [-0.4, -0.2) is 64.3 Å². The number of carboxylic acids is 1. The van der Waals surface area contributed by atoms with Gasteiger partial charge in [0, 0.05) is 25.7 Å². The van der Waals surface area contributed by atoms with E-state index in [1.54, 1.807) is 0 Å². The van der Waals surface area contributed by atoms with Gasteiger partial charge in [-0.15, -0.1) is 0 Å². The Balaban J connectivity index is 1.85. The lowest BCUT2D eigenvalue weighted by Crippen LogP contribution is -2.50. The van der Waals surface area contributed by atoms with Crippen LogP contribution >= 0.6 is 0 Å². The van der Waals surface area contributed by atoms with Crippen molar-refractivity contribution in [1.82, 2.24) is 9.80 Å². The number of aliphatic carboxylic acids is 1. The first-order valence-electron chi connectivity index (χ1n) is 6.52. The summed E-state index contributed by atoms with van der Waals surface area (Å²) in [6, 6.07) is 0.350. The molecule has 1 atom stereocenters. The Labute approximate surface area is 106 Å². The van der Waals surface area contributed by atoms with Gasteiger partial charge in [0.15, 0.2) is 0 Å². The Morgan fingerprint density at radius 2 is 1.67 bits per heavy atom. The van der Waals surface area contributed by atoms with Crippen LogP contribution in [0.5, 0.6) is 0 Å². The summed E-state index contributed by atoms with van der Waals surface area (Å²) in [7, 11) is 0. The van der Waals surface area contributed by atoms with Gasteiger partial charge in [0.2, 0.25) is 0 Å². The number of likely N-dealkylation sites (tertiary alicyclic amines) is 2. The molecule has 2 N–H and O–H groups in total. The second-order valence-corrected chi connectivity index (χ2v) is 5.17. The maximum absolute atomic E-state index is 11.0. The van der Waals surface area contributed by atoms with E-state index in [4.69, 9.17) is 10.2 Å². The van der Waals surface area contributed by atoms with Gasteiger partial charge < -0.3 is 15.1 Å². The van der Waals surface area contributed by atoms with Gasteiger partial charge in [-0.05, 0) is 32.2 Å². The second-order valence-electron chi connectivity index (χ2n) is 5.17. The van der Waals surface area contributed by atoms with Crippen molar-refractivity contribution >= 4 is 12.1 Å². The monoisotopic (exact) mass is 256 g/mol. The highest BCUT2D eigenvalue weighted by Gasteiger charge is 2.32. The maximum Gasteiger partial charge on any atom is 0.407 e. The van der Waals surface area contributed by atoms with E-state index in [9.17, 15) is 9.59 Å². The first-order valence-corrected chi connectivity index (χ1v) is 6.52. The van der Waals surface area contributed by atoms with Crippen LogP contribution in [-0.2, 0) is 4.79 Å². The van der Waals surface area contributed by atoms with Gasteiger partial charge >= 0.3 is 12.1 Å². The number of hydrogen-bond acceptors (Lipinski definition) is 3. The second kappa shape index (κ2) is 5.56. The van der Waals surface area contributed by atoms with Crippen LogP contribution in [0.3, 0.4) is 0 Å². The average Bonchev–Trinajstić information content (AvgIpc) is 2.39. The van der Waals surface area contributed by atoms with Gasteiger partial charge in [-0.2, -0.15) is 0 Å². The highest BCUT2D eigenvalue weighted by atomic mass is 16.4. The molecule has 0 aromatic carbocycles. The summed E-state index contributed by atoms with van der Waals surface area (Å²) in [4.78, 5) is 25.5. The molecule has 2 aliphatic rings. The first-order chi connectivity index (χ1) is 8.58. The third-order valence-corrected chi connectivity index (χ3v) is 4.05. The van der Waals surface area contributed by atoms with E-state index in [-0.39, 0.29) is 5.92 Å². The lowest BCUT2D eigenvalue weighted by Gasteiger charge is -2.40. The predicted molar refractivity (Wildman–Crippen MR) is 64.6 cm³/mol. The lowest BCUT2D eigenvalue weighted by atomic mass is 9.94. The highest BCUT2D eigenvalue weighted by Crippen LogP contribution is 2.23. The van der Waals surface area contributed by atoms with E-state index < -0.39 is 12.1 Å².